The molecule has 3 aromatic rings. The quantitative estimate of drug-likeness (QED) is 0.515. The molecule has 1 atom stereocenters. The van der Waals surface area contributed by atoms with Gasteiger partial charge in [-0.1, -0.05) is 49.6 Å². The van der Waals surface area contributed by atoms with Crippen molar-refractivity contribution in [2.75, 3.05) is 10.6 Å². The van der Waals surface area contributed by atoms with Crippen LogP contribution in [0.3, 0.4) is 0 Å². The number of aromatic nitrogens is 2. The van der Waals surface area contributed by atoms with Crippen LogP contribution in [0, 0.1) is 13.8 Å². The zero-order chi connectivity index (χ0) is 24.1. The number of rotatable bonds is 7. The van der Waals surface area contributed by atoms with Crippen LogP contribution < -0.4 is 16.0 Å². The fourth-order valence-corrected chi connectivity index (χ4v) is 4.72. The average molecular weight is 460 g/mol. The molecule has 34 heavy (non-hydrogen) atoms. The molecular formula is C27H33N5O2. The molecule has 7 nitrogen and oxygen atoms in total. The molecule has 1 heterocycles. The minimum atomic E-state index is -0.818. The van der Waals surface area contributed by atoms with Crippen molar-refractivity contribution in [2.24, 2.45) is 0 Å². The number of amides is 2. The Morgan fingerprint density at radius 3 is 2.56 bits per heavy atom. The SMILES string of the molecule is Cc1ccccc1C(C(=O)NC1CCCCC1)N(C(=O)Cn1ccnc1C)c1cccc(N)c1. The third-order valence-electron chi connectivity index (χ3n) is 6.59. The maximum Gasteiger partial charge on any atom is 0.248 e. The van der Waals surface area contributed by atoms with Crippen molar-refractivity contribution in [3.05, 3.63) is 77.9 Å². The van der Waals surface area contributed by atoms with E-state index in [4.69, 9.17) is 5.73 Å². The van der Waals surface area contributed by atoms with E-state index in [9.17, 15) is 9.59 Å². The Morgan fingerprint density at radius 1 is 1.12 bits per heavy atom. The van der Waals surface area contributed by atoms with E-state index in [2.05, 4.69) is 10.3 Å². The summed E-state index contributed by atoms with van der Waals surface area (Å²) in [6.45, 7) is 3.89. The van der Waals surface area contributed by atoms with Crippen LogP contribution in [0.4, 0.5) is 11.4 Å². The van der Waals surface area contributed by atoms with Gasteiger partial charge in [-0.2, -0.15) is 0 Å². The lowest BCUT2D eigenvalue weighted by Gasteiger charge is -2.34. The van der Waals surface area contributed by atoms with Crippen LogP contribution in [0.5, 0.6) is 0 Å². The van der Waals surface area contributed by atoms with Crippen molar-refractivity contribution in [1.29, 1.82) is 0 Å². The number of anilines is 2. The van der Waals surface area contributed by atoms with E-state index in [0.717, 1.165) is 42.6 Å². The normalized spacial score (nSPS) is 15.0. The van der Waals surface area contributed by atoms with Crippen LogP contribution in [0.2, 0.25) is 0 Å². The summed E-state index contributed by atoms with van der Waals surface area (Å²) in [7, 11) is 0. The van der Waals surface area contributed by atoms with Gasteiger partial charge in [-0.3, -0.25) is 14.5 Å². The van der Waals surface area contributed by atoms with Crippen molar-refractivity contribution in [3.63, 3.8) is 0 Å². The van der Waals surface area contributed by atoms with Crippen molar-refractivity contribution >= 4 is 23.2 Å². The maximum absolute atomic E-state index is 13.9. The summed E-state index contributed by atoms with van der Waals surface area (Å²) in [4.78, 5) is 33.6. The Morgan fingerprint density at radius 2 is 1.88 bits per heavy atom. The first kappa shape index (κ1) is 23.5. The summed E-state index contributed by atoms with van der Waals surface area (Å²) in [5, 5.41) is 3.25. The van der Waals surface area contributed by atoms with Gasteiger partial charge in [0.25, 0.3) is 0 Å². The van der Waals surface area contributed by atoms with Crippen LogP contribution in [0.1, 0.15) is 55.1 Å². The molecule has 1 aliphatic carbocycles. The topological polar surface area (TPSA) is 93.2 Å². The monoisotopic (exact) mass is 459 g/mol. The van der Waals surface area contributed by atoms with Gasteiger partial charge in [0.15, 0.2) is 0 Å². The summed E-state index contributed by atoms with van der Waals surface area (Å²) in [6, 6.07) is 14.2. The molecule has 0 aliphatic heterocycles. The highest BCUT2D eigenvalue weighted by Gasteiger charge is 2.35. The van der Waals surface area contributed by atoms with E-state index in [1.807, 2.05) is 44.2 Å². The number of imidazole rings is 1. The largest absolute Gasteiger partial charge is 0.399 e. The Labute approximate surface area is 201 Å². The van der Waals surface area contributed by atoms with Crippen LogP contribution in [-0.4, -0.2) is 27.4 Å². The minimum Gasteiger partial charge on any atom is -0.399 e. The average Bonchev–Trinajstić information content (AvgIpc) is 3.22. The predicted molar refractivity (Wildman–Crippen MR) is 134 cm³/mol. The molecule has 2 aromatic carbocycles. The molecule has 1 aliphatic rings. The maximum atomic E-state index is 13.9. The zero-order valence-corrected chi connectivity index (χ0v) is 19.9. The van der Waals surface area contributed by atoms with Crippen LogP contribution in [-0.2, 0) is 16.1 Å². The number of hydrogen-bond acceptors (Lipinski definition) is 4. The molecule has 1 saturated carbocycles. The van der Waals surface area contributed by atoms with Crippen molar-refractivity contribution in [1.82, 2.24) is 14.9 Å². The highest BCUT2D eigenvalue weighted by atomic mass is 16.2. The van der Waals surface area contributed by atoms with Gasteiger partial charge in [0.1, 0.15) is 18.4 Å². The minimum absolute atomic E-state index is 0.0692. The van der Waals surface area contributed by atoms with Gasteiger partial charge in [0.2, 0.25) is 11.8 Å². The molecule has 178 valence electrons. The lowest BCUT2D eigenvalue weighted by molar-refractivity contribution is -0.127. The van der Waals surface area contributed by atoms with Crippen LogP contribution in [0.25, 0.3) is 0 Å². The lowest BCUT2D eigenvalue weighted by atomic mass is 9.93. The molecular weight excluding hydrogens is 426 g/mol. The van der Waals surface area contributed by atoms with Crippen molar-refractivity contribution in [3.8, 4) is 0 Å². The van der Waals surface area contributed by atoms with E-state index >= 15 is 0 Å². The van der Waals surface area contributed by atoms with Crippen LogP contribution >= 0.6 is 0 Å². The number of nitrogens with one attached hydrogen (secondary N) is 1. The number of nitrogens with two attached hydrogens (primary N) is 1. The number of nitrogens with zero attached hydrogens (tertiary/aromatic N) is 3. The van der Waals surface area contributed by atoms with Crippen molar-refractivity contribution in [2.45, 2.75) is 64.6 Å². The molecule has 3 N–H and O–H groups in total. The molecule has 0 spiro atoms. The number of aryl methyl sites for hydroxylation is 2. The zero-order valence-electron chi connectivity index (χ0n) is 19.9. The van der Waals surface area contributed by atoms with E-state index in [1.165, 1.54) is 6.42 Å². The fraction of sp³-hybridized carbons (Fsp3) is 0.370. The predicted octanol–water partition coefficient (Wildman–Crippen LogP) is 4.31. The molecule has 4 rings (SSSR count). The van der Waals surface area contributed by atoms with Gasteiger partial charge in [-0.25, -0.2) is 4.98 Å². The molecule has 1 aromatic heterocycles. The van der Waals surface area contributed by atoms with Crippen molar-refractivity contribution < 1.29 is 9.59 Å². The molecule has 0 bridgehead atoms. The standard InChI is InChI=1S/C27H33N5O2/c1-19-9-6-7-14-24(19)26(27(34)30-22-11-4-3-5-12-22)32(23-13-8-10-21(28)17-23)25(33)18-31-16-15-29-20(31)2/h6-10,13-17,22,26H,3-5,11-12,18,28H2,1-2H3,(H,30,34). The summed E-state index contributed by atoms with van der Waals surface area (Å²) in [6.07, 6.45) is 8.79. The highest BCUT2D eigenvalue weighted by Crippen LogP contribution is 2.32. The molecule has 1 fully saturated rings. The van der Waals surface area contributed by atoms with Gasteiger partial charge in [-0.15, -0.1) is 0 Å². The Hall–Kier alpha value is -3.61. The summed E-state index contributed by atoms with van der Waals surface area (Å²) >= 11 is 0. The van der Waals surface area contributed by atoms with E-state index < -0.39 is 6.04 Å². The Kier molecular flexibility index (Phi) is 7.30. The first-order chi connectivity index (χ1) is 16.4. The molecule has 0 saturated heterocycles. The molecule has 0 radical (unpaired) electrons. The third kappa shape index (κ3) is 5.30. The number of nitrogen functional groups attached to an aromatic ring is 1. The molecule has 1 unspecified atom stereocenters. The van der Waals surface area contributed by atoms with Gasteiger partial charge in [0, 0.05) is 29.8 Å². The van der Waals surface area contributed by atoms with Gasteiger partial charge < -0.3 is 15.6 Å². The van der Waals surface area contributed by atoms with E-state index in [-0.39, 0.29) is 24.4 Å². The van der Waals surface area contributed by atoms with E-state index in [0.29, 0.717) is 11.4 Å². The summed E-state index contributed by atoms with van der Waals surface area (Å²) in [5.74, 6) is 0.359. The second-order valence-corrected chi connectivity index (χ2v) is 9.06. The number of benzene rings is 2. The van der Waals surface area contributed by atoms with Crippen LogP contribution in [0.15, 0.2) is 60.9 Å². The summed E-state index contributed by atoms with van der Waals surface area (Å²) in [5.41, 5.74) is 8.97. The highest BCUT2D eigenvalue weighted by molar-refractivity contribution is 6.01. The lowest BCUT2D eigenvalue weighted by Crippen LogP contribution is -2.48. The molecule has 7 heteroatoms. The second-order valence-electron chi connectivity index (χ2n) is 9.06. The van der Waals surface area contributed by atoms with Gasteiger partial charge in [0.05, 0.1) is 0 Å². The van der Waals surface area contributed by atoms with Gasteiger partial charge in [-0.05, 0) is 56.0 Å². The Bertz CT molecular complexity index is 1150. The number of carbonyl (C=O) groups excluding carboxylic acids is 2. The smallest absolute Gasteiger partial charge is 0.248 e. The van der Waals surface area contributed by atoms with Gasteiger partial charge >= 0.3 is 0 Å². The third-order valence-corrected chi connectivity index (χ3v) is 6.59. The first-order valence-corrected chi connectivity index (χ1v) is 12.0. The second kappa shape index (κ2) is 10.5. The van der Waals surface area contributed by atoms with E-state index in [1.54, 1.807) is 40.1 Å². The summed E-state index contributed by atoms with van der Waals surface area (Å²) < 4.78 is 1.79. The number of hydrogen-bond donors (Lipinski definition) is 2. The Balaban J connectivity index is 1.77. The molecule has 2 amide bonds. The fourth-order valence-electron chi connectivity index (χ4n) is 4.72. The first-order valence-electron chi connectivity index (χ1n) is 12.0. The number of carbonyl (C=O) groups is 2.